The maximum absolute atomic E-state index is 14.5. The Balaban J connectivity index is 1.59. The van der Waals surface area contributed by atoms with Gasteiger partial charge in [-0.2, -0.15) is 5.10 Å². The second-order valence-corrected chi connectivity index (χ2v) is 8.22. The van der Waals surface area contributed by atoms with E-state index >= 15 is 0 Å². The number of rotatable bonds is 8. The van der Waals surface area contributed by atoms with Gasteiger partial charge in [0.05, 0.1) is 29.9 Å². The molecule has 0 saturated heterocycles. The number of hydrogen-bond acceptors (Lipinski definition) is 5. The number of nitrogens with one attached hydrogen (secondary N) is 1. The van der Waals surface area contributed by atoms with E-state index in [0.29, 0.717) is 18.4 Å². The number of para-hydroxylation sites is 1. The average Bonchev–Trinajstić information content (AvgIpc) is 3.21. The van der Waals surface area contributed by atoms with Crippen molar-refractivity contribution in [1.29, 1.82) is 0 Å². The minimum Gasteiger partial charge on any atom is -0.497 e. The number of methoxy groups -OCH3 is 1. The number of nitrogens with zero attached hydrogens (tertiary/aromatic N) is 2. The third-order valence-corrected chi connectivity index (χ3v) is 5.62. The van der Waals surface area contributed by atoms with E-state index in [1.54, 1.807) is 17.9 Å². The molecule has 9 heteroatoms. The normalized spacial score (nSPS) is 10.9. The Morgan fingerprint density at radius 2 is 1.86 bits per heavy atom. The van der Waals surface area contributed by atoms with Gasteiger partial charge in [-0.1, -0.05) is 48.9 Å². The molecule has 180 valence electrons. The molecular formula is C26H23ClFN3O4. The summed E-state index contributed by atoms with van der Waals surface area (Å²) in [6.45, 7) is 2.25. The Hall–Kier alpha value is -3.91. The highest BCUT2D eigenvalue weighted by atomic mass is 35.5. The molecule has 0 bridgehead atoms. The third-order valence-electron chi connectivity index (χ3n) is 5.31. The van der Waals surface area contributed by atoms with Gasteiger partial charge in [-0.3, -0.25) is 14.3 Å². The molecule has 1 amide bonds. The number of carbonyl (C=O) groups excluding carboxylic acids is 2. The SMILES string of the molecule is CCCC(=O)Oc1cc(Cl)c(NC(=O)c2nn(Cc3ccc(OC)cc3)c3ccccc23)cc1F. The highest BCUT2D eigenvalue weighted by Gasteiger charge is 2.20. The van der Waals surface area contributed by atoms with Crippen molar-refractivity contribution in [3.05, 3.63) is 82.8 Å². The Labute approximate surface area is 206 Å². The fourth-order valence-electron chi connectivity index (χ4n) is 3.58. The highest BCUT2D eigenvalue weighted by molar-refractivity contribution is 6.34. The summed E-state index contributed by atoms with van der Waals surface area (Å²) in [7, 11) is 1.60. The van der Waals surface area contributed by atoms with E-state index in [1.807, 2.05) is 49.4 Å². The molecule has 0 aliphatic heterocycles. The van der Waals surface area contributed by atoms with E-state index in [9.17, 15) is 14.0 Å². The summed E-state index contributed by atoms with van der Waals surface area (Å²) in [6.07, 6.45) is 0.725. The van der Waals surface area contributed by atoms with Gasteiger partial charge in [-0.05, 0) is 30.2 Å². The Morgan fingerprint density at radius 1 is 1.11 bits per heavy atom. The predicted molar refractivity (Wildman–Crippen MR) is 132 cm³/mol. The number of aromatic nitrogens is 2. The van der Waals surface area contributed by atoms with Gasteiger partial charge < -0.3 is 14.8 Å². The van der Waals surface area contributed by atoms with Gasteiger partial charge in [0.1, 0.15) is 5.75 Å². The van der Waals surface area contributed by atoms with E-state index < -0.39 is 17.7 Å². The zero-order chi connectivity index (χ0) is 24.9. The molecule has 0 fully saturated rings. The van der Waals surface area contributed by atoms with Crippen molar-refractivity contribution in [1.82, 2.24) is 9.78 Å². The number of ether oxygens (including phenoxy) is 2. The average molecular weight is 496 g/mol. The maximum Gasteiger partial charge on any atom is 0.311 e. The second-order valence-electron chi connectivity index (χ2n) is 7.81. The molecule has 0 unspecified atom stereocenters. The van der Waals surface area contributed by atoms with Gasteiger partial charge in [0.2, 0.25) is 0 Å². The molecule has 4 aromatic rings. The van der Waals surface area contributed by atoms with Gasteiger partial charge in [0.15, 0.2) is 17.3 Å². The molecular weight excluding hydrogens is 473 g/mol. The molecule has 7 nitrogen and oxygen atoms in total. The van der Waals surface area contributed by atoms with Gasteiger partial charge in [0.25, 0.3) is 5.91 Å². The van der Waals surface area contributed by atoms with E-state index in [1.165, 1.54) is 6.07 Å². The van der Waals surface area contributed by atoms with E-state index in [2.05, 4.69) is 10.4 Å². The minimum absolute atomic E-state index is 0.0287. The topological polar surface area (TPSA) is 82.5 Å². The summed E-state index contributed by atoms with van der Waals surface area (Å²) in [6, 6.07) is 17.1. The van der Waals surface area contributed by atoms with Crippen molar-refractivity contribution in [2.24, 2.45) is 0 Å². The number of anilines is 1. The van der Waals surface area contributed by atoms with E-state index in [0.717, 1.165) is 22.9 Å². The fraction of sp³-hybridized carbons (Fsp3) is 0.192. The summed E-state index contributed by atoms with van der Waals surface area (Å²) in [4.78, 5) is 24.8. The van der Waals surface area contributed by atoms with Crippen molar-refractivity contribution in [2.45, 2.75) is 26.3 Å². The Kier molecular flexibility index (Phi) is 7.31. The first-order chi connectivity index (χ1) is 16.9. The lowest BCUT2D eigenvalue weighted by Crippen LogP contribution is -2.15. The van der Waals surface area contributed by atoms with Crippen LogP contribution >= 0.6 is 11.6 Å². The Bertz CT molecular complexity index is 1390. The quantitative estimate of drug-likeness (QED) is 0.245. The lowest BCUT2D eigenvalue weighted by atomic mass is 10.2. The molecule has 0 saturated carbocycles. The van der Waals surface area contributed by atoms with Crippen molar-refractivity contribution < 1.29 is 23.5 Å². The zero-order valence-electron chi connectivity index (χ0n) is 19.2. The number of fused-ring (bicyclic) bond motifs is 1. The smallest absolute Gasteiger partial charge is 0.311 e. The van der Waals surface area contributed by atoms with Gasteiger partial charge in [-0.25, -0.2) is 4.39 Å². The van der Waals surface area contributed by atoms with Crippen LogP contribution in [0.5, 0.6) is 11.5 Å². The molecule has 35 heavy (non-hydrogen) atoms. The number of hydrogen-bond donors (Lipinski definition) is 1. The third kappa shape index (κ3) is 5.44. The van der Waals surface area contributed by atoms with Crippen LogP contribution in [-0.4, -0.2) is 28.8 Å². The minimum atomic E-state index is -0.816. The lowest BCUT2D eigenvalue weighted by molar-refractivity contribution is -0.134. The highest BCUT2D eigenvalue weighted by Crippen LogP contribution is 2.31. The maximum atomic E-state index is 14.5. The van der Waals surface area contributed by atoms with Gasteiger partial charge >= 0.3 is 5.97 Å². The monoisotopic (exact) mass is 495 g/mol. The number of amides is 1. The molecule has 3 aromatic carbocycles. The molecule has 1 aromatic heterocycles. The Morgan fingerprint density at radius 3 is 2.57 bits per heavy atom. The molecule has 1 N–H and O–H groups in total. The number of halogens is 2. The molecule has 4 rings (SSSR count). The van der Waals surface area contributed by atoms with Crippen LogP contribution in [0.4, 0.5) is 10.1 Å². The summed E-state index contributed by atoms with van der Waals surface area (Å²) in [5.74, 6) is -1.47. The standard InChI is InChI=1S/C26H23ClFN3O4/c1-3-6-24(32)35-23-13-19(27)21(14-20(23)28)29-26(33)25-18-7-4-5-8-22(18)31(30-25)15-16-9-11-17(34-2)12-10-16/h4-5,7-14H,3,6,15H2,1-2H3,(H,29,33). The van der Waals surface area contributed by atoms with E-state index in [-0.39, 0.29) is 28.6 Å². The van der Waals surface area contributed by atoms with Crippen LogP contribution in [0.1, 0.15) is 35.8 Å². The van der Waals surface area contributed by atoms with Crippen molar-refractivity contribution >= 4 is 40.1 Å². The van der Waals surface area contributed by atoms with Crippen LogP contribution in [0.3, 0.4) is 0 Å². The number of esters is 1. The summed E-state index contributed by atoms with van der Waals surface area (Å²) >= 11 is 6.24. The van der Waals surface area contributed by atoms with Crippen LogP contribution in [0.2, 0.25) is 5.02 Å². The first-order valence-electron chi connectivity index (χ1n) is 11.0. The summed E-state index contributed by atoms with van der Waals surface area (Å²) in [5, 5.41) is 7.80. The van der Waals surface area contributed by atoms with Gasteiger partial charge in [0, 0.05) is 23.9 Å². The molecule has 0 aliphatic carbocycles. The van der Waals surface area contributed by atoms with Crippen LogP contribution in [-0.2, 0) is 11.3 Å². The van der Waals surface area contributed by atoms with Crippen LogP contribution in [0, 0.1) is 5.82 Å². The number of carbonyl (C=O) groups is 2. The first-order valence-corrected chi connectivity index (χ1v) is 11.4. The molecule has 0 radical (unpaired) electrons. The van der Waals surface area contributed by atoms with Gasteiger partial charge in [-0.15, -0.1) is 0 Å². The number of benzene rings is 3. The molecule has 1 heterocycles. The van der Waals surface area contributed by atoms with Crippen LogP contribution in [0.25, 0.3) is 10.9 Å². The second kappa shape index (κ2) is 10.6. The first kappa shape index (κ1) is 24.2. The molecule has 0 atom stereocenters. The van der Waals surface area contributed by atoms with Crippen LogP contribution in [0.15, 0.2) is 60.7 Å². The molecule has 0 aliphatic rings. The summed E-state index contributed by atoms with van der Waals surface area (Å²) < 4.78 is 26.5. The van der Waals surface area contributed by atoms with Crippen LogP contribution < -0.4 is 14.8 Å². The van der Waals surface area contributed by atoms with Crippen molar-refractivity contribution in [3.8, 4) is 11.5 Å². The fourth-order valence-corrected chi connectivity index (χ4v) is 3.78. The molecule has 0 spiro atoms. The summed E-state index contributed by atoms with van der Waals surface area (Å²) in [5.41, 5.74) is 1.95. The van der Waals surface area contributed by atoms with Crippen molar-refractivity contribution in [2.75, 3.05) is 12.4 Å². The lowest BCUT2D eigenvalue weighted by Gasteiger charge is -2.10. The van der Waals surface area contributed by atoms with E-state index in [4.69, 9.17) is 21.1 Å². The largest absolute Gasteiger partial charge is 0.497 e. The predicted octanol–water partition coefficient (Wildman–Crippen LogP) is 5.84. The van der Waals surface area contributed by atoms with Crippen molar-refractivity contribution in [3.63, 3.8) is 0 Å². The zero-order valence-corrected chi connectivity index (χ0v) is 19.9.